The maximum atomic E-state index is 15.3. The van der Waals surface area contributed by atoms with Crippen LogP contribution < -0.4 is 0 Å². The highest BCUT2D eigenvalue weighted by atomic mass is 19.1. The Morgan fingerprint density at radius 1 is 1.38 bits per heavy atom. The summed E-state index contributed by atoms with van der Waals surface area (Å²) in [7, 11) is 0. The zero-order chi connectivity index (χ0) is 21.2. The molecule has 2 atom stereocenters. The fraction of sp³-hybridized carbons (Fsp3) is 0.609. The molecule has 0 aromatic heterocycles. The molecular weight excluding hydrogens is 370 g/mol. The third kappa shape index (κ3) is 4.25. The highest BCUT2D eigenvalue weighted by Crippen LogP contribution is 2.50. The molecule has 156 valence electrons. The molecule has 29 heavy (non-hydrogen) atoms. The monoisotopic (exact) mass is 401 g/mol. The van der Waals surface area contributed by atoms with Crippen LogP contribution in [0.3, 0.4) is 0 Å². The summed E-state index contributed by atoms with van der Waals surface area (Å²) in [6.45, 7) is 10.9. The number of nitriles is 1. The number of benzene rings is 1. The molecule has 0 spiro atoms. The van der Waals surface area contributed by atoms with Crippen LogP contribution in [0.25, 0.3) is 5.70 Å². The molecule has 0 aliphatic carbocycles. The number of alkyl halides is 1. The first kappa shape index (κ1) is 21.6. The average Bonchev–Trinajstić information content (AvgIpc) is 3.14. The fourth-order valence-electron chi connectivity index (χ4n) is 4.48. The number of hydrogen-bond acceptors (Lipinski definition) is 3. The van der Waals surface area contributed by atoms with Crippen LogP contribution in [-0.2, 0) is 6.54 Å². The molecule has 1 aromatic rings. The van der Waals surface area contributed by atoms with Crippen LogP contribution in [0.2, 0.25) is 0 Å². The molecule has 2 unspecified atom stereocenters. The van der Waals surface area contributed by atoms with Gasteiger partial charge in [-0.3, -0.25) is 4.90 Å². The topological polar surface area (TPSA) is 42.4 Å². The Kier molecular flexibility index (Phi) is 6.19. The largest absolute Gasteiger partial charge is 0.296 e. The maximum absolute atomic E-state index is 15.3. The van der Waals surface area contributed by atoms with Gasteiger partial charge in [-0.25, -0.2) is 8.78 Å². The molecular formula is C23H31F2N4+. The molecule has 2 aliphatic heterocycles. The van der Waals surface area contributed by atoms with E-state index in [0.717, 1.165) is 24.4 Å². The third-order valence-electron chi connectivity index (χ3n) is 6.63. The lowest BCUT2D eigenvalue weighted by atomic mass is 9.59. The molecule has 6 heteroatoms. The molecule has 0 amide bonds. The Labute approximate surface area is 172 Å². The van der Waals surface area contributed by atoms with Gasteiger partial charge in [-0.1, -0.05) is 32.9 Å². The van der Waals surface area contributed by atoms with E-state index in [2.05, 4.69) is 11.2 Å². The molecule has 1 saturated heterocycles. The van der Waals surface area contributed by atoms with Crippen molar-refractivity contribution in [3.8, 4) is 6.07 Å². The van der Waals surface area contributed by atoms with Crippen LogP contribution in [0.15, 0.2) is 29.4 Å². The zero-order valence-electron chi connectivity index (χ0n) is 17.9. The minimum absolute atomic E-state index is 0.210. The van der Waals surface area contributed by atoms with E-state index in [0.29, 0.717) is 25.1 Å². The van der Waals surface area contributed by atoms with Crippen molar-refractivity contribution in [1.82, 2.24) is 4.90 Å². The van der Waals surface area contributed by atoms with Gasteiger partial charge in [0.25, 0.3) is 0 Å². The second-order valence-electron chi connectivity index (χ2n) is 9.19. The highest BCUT2D eigenvalue weighted by Gasteiger charge is 2.51. The van der Waals surface area contributed by atoms with Crippen LogP contribution in [0, 0.1) is 28.0 Å². The lowest BCUT2D eigenvalue weighted by molar-refractivity contribution is -0.571. The predicted octanol–water partition coefficient (Wildman–Crippen LogP) is 5.15. The Bertz CT molecular complexity index is 863. The number of likely N-dealkylation sites (N-methyl/N-ethyl adjacent to an activating group) is 1. The first-order chi connectivity index (χ1) is 13.7. The zero-order valence-corrected chi connectivity index (χ0v) is 17.9. The van der Waals surface area contributed by atoms with E-state index in [1.54, 1.807) is 6.07 Å². The van der Waals surface area contributed by atoms with Gasteiger partial charge >= 0.3 is 0 Å². The molecule has 0 N–H and O–H groups in total. The van der Waals surface area contributed by atoms with E-state index in [-0.39, 0.29) is 24.2 Å². The summed E-state index contributed by atoms with van der Waals surface area (Å²) in [5.74, 6) is -0.284. The van der Waals surface area contributed by atoms with Gasteiger partial charge in [0, 0.05) is 42.1 Å². The predicted molar refractivity (Wildman–Crippen MR) is 109 cm³/mol. The van der Waals surface area contributed by atoms with Crippen molar-refractivity contribution >= 4 is 5.70 Å². The van der Waals surface area contributed by atoms with Crippen molar-refractivity contribution in [3.63, 3.8) is 0 Å². The van der Waals surface area contributed by atoms with Gasteiger partial charge in [0.2, 0.25) is 0 Å². The number of nitrogens with zero attached hydrogens (tertiary/aromatic N) is 4. The van der Waals surface area contributed by atoms with E-state index in [1.807, 2.05) is 49.4 Å². The van der Waals surface area contributed by atoms with Gasteiger partial charge in [-0.15, -0.1) is 4.70 Å². The second-order valence-corrected chi connectivity index (χ2v) is 9.19. The smallest absolute Gasteiger partial charge is 0.189 e. The second kappa shape index (κ2) is 8.31. The summed E-state index contributed by atoms with van der Waals surface area (Å²) >= 11 is 0. The van der Waals surface area contributed by atoms with Crippen LogP contribution in [0.4, 0.5) is 8.78 Å². The highest BCUT2D eigenvalue weighted by molar-refractivity contribution is 5.64. The van der Waals surface area contributed by atoms with Gasteiger partial charge in [0.05, 0.1) is 6.07 Å². The number of likely N-dealkylation sites (tertiary alicyclic amines) is 1. The SMILES string of the molecule is CC[N+]1=NC(c2ccc(CN3CCC(CC#N)(C(C)(C)C)C(F)C3)c(F)c2)=CC1. The molecule has 2 heterocycles. The summed E-state index contributed by atoms with van der Waals surface area (Å²) in [6, 6.07) is 7.39. The van der Waals surface area contributed by atoms with Gasteiger partial charge in [0.15, 0.2) is 13.1 Å². The van der Waals surface area contributed by atoms with Gasteiger partial charge in [0.1, 0.15) is 17.7 Å². The summed E-state index contributed by atoms with van der Waals surface area (Å²) in [6.07, 6.45) is 1.70. The van der Waals surface area contributed by atoms with Gasteiger partial charge in [-0.05, 0) is 36.5 Å². The minimum atomic E-state index is -1.11. The molecule has 0 bridgehead atoms. The Hall–Kier alpha value is -2.13. The molecule has 1 aromatic carbocycles. The van der Waals surface area contributed by atoms with Gasteiger partial charge < -0.3 is 0 Å². The summed E-state index contributed by atoms with van der Waals surface area (Å²) in [5.41, 5.74) is 1.18. The molecule has 2 aliphatic rings. The minimum Gasteiger partial charge on any atom is -0.296 e. The van der Waals surface area contributed by atoms with Crippen molar-refractivity contribution in [1.29, 1.82) is 5.26 Å². The normalized spacial score (nSPS) is 25.5. The van der Waals surface area contributed by atoms with E-state index >= 15 is 4.39 Å². The molecule has 3 rings (SSSR count). The van der Waals surface area contributed by atoms with E-state index < -0.39 is 11.6 Å². The van der Waals surface area contributed by atoms with Crippen molar-refractivity contribution in [2.45, 2.75) is 53.3 Å². The summed E-state index contributed by atoms with van der Waals surface area (Å²) in [5, 5.41) is 13.7. The van der Waals surface area contributed by atoms with Crippen LogP contribution in [0.1, 0.15) is 51.7 Å². The molecule has 4 nitrogen and oxygen atoms in total. The van der Waals surface area contributed by atoms with Crippen LogP contribution in [0.5, 0.6) is 0 Å². The van der Waals surface area contributed by atoms with Crippen molar-refractivity contribution in [2.24, 2.45) is 15.9 Å². The lowest BCUT2D eigenvalue weighted by Gasteiger charge is -2.51. The van der Waals surface area contributed by atoms with Crippen LogP contribution >= 0.6 is 0 Å². The average molecular weight is 402 g/mol. The van der Waals surface area contributed by atoms with E-state index in [9.17, 15) is 9.65 Å². The first-order valence-electron chi connectivity index (χ1n) is 10.4. The van der Waals surface area contributed by atoms with E-state index in [1.165, 1.54) is 6.07 Å². The number of halogens is 2. The first-order valence-corrected chi connectivity index (χ1v) is 10.4. The number of azo groups is 2. The molecule has 1 fully saturated rings. The quantitative estimate of drug-likeness (QED) is 0.640. The van der Waals surface area contributed by atoms with Crippen molar-refractivity contribution in [3.05, 3.63) is 41.2 Å². The van der Waals surface area contributed by atoms with Crippen molar-refractivity contribution < 1.29 is 13.5 Å². The Morgan fingerprint density at radius 3 is 2.69 bits per heavy atom. The summed E-state index contributed by atoms with van der Waals surface area (Å²) < 4.78 is 31.9. The summed E-state index contributed by atoms with van der Waals surface area (Å²) in [4.78, 5) is 1.96. The fourth-order valence-corrected chi connectivity index (χ4v) is 4.48. The third-order valence-corrected chi connectivity index (χ3v) is 6.63. The lowest BCUT2D eigenvalue weighted by Crippen LogP contribution is -2.54. The Balaban J connectivity index is 1.71. The maximum Gasteiger partial charge on any atom is 0.189 e. The number of rotatable bonds is 5. The number of piperidine rings is 1. The van der Waals surface area contributed by atoms with Crippen molar-refractivity contribution in [2.75, 3.05) is 26.2 Å². The van der Waals surface area contributed by atoms with Gasteiger partial charge in [-0.2, -0.15) is 5.26 Å². The van der Waals surface area contributed by atoms with E-state index in [4.69, 9.17) is 0 Å². The number of hydrogen-bond donors (Lipinski definition) is 0. The molecule has 0 saturated carbocycles. The van der Waals surface area contributed by atoms with Crippen LogP contribution in [-0.4, -0.2) is 41.9 Å². The standard InChI is InChI=1S/C23H31F2N4/c1-5-29-12-8-20(27-29)17-6-7-18(19(24)14-17)15-28-13-10-23(9-11-26,21(25)16-28)22(2,3)4/h6-8,14,21H,5,9-10,12-13,15-16H2,1-4H3/q+1. The molecule has 0 radical (unpaired) electrons. The Morgan fingerprint density at radius 2 is 2.14 bits per heavy atom.